The fourth-order valence-electron chi connectivity index (χ4n) is 2.07. The van der Waals surface area contributed by atoms with Crippen molar-refractivity contribution in [1.29, 1.82) is 0 Å². The molecule has 2 rings (SSSR count). The van der Waals surface area contributed by atoms with E-state index < -0.39 is 0 Å². The molecule has 100 valence electrons. The fourth-order valence-corrected chi connectivity index (χ4v) is 2.80. The van der Waals surface area contributed by atoms with Crippen molar-refractivity contribution < 1.29 is 0 Å². The van der Waals surface area contributed by atoms with Crippen molar-refractivity contribution in [2.45, 2.75) is 30.5 Å². The van der Waals surface area contributed by atoms with Crippen LogP contribution in [0.15, 0.2) is 47.4 Å². The number of rotatable bonds is 4. The summed E-state index contributed by atoms with van der Waals surface area (Å²) in [6.07, 6.45) is 2.96. The zero-order valence-corrected chi connectivity index (χ0v) is 13.2. The van der Waals surface area contributed by atoms with Gasteiger partial charge in [0.05, 0.1) is 5.38 Å². The third-order valence-electron chi connectivity index (χ3n) is 3.46. The number of hydrogen-bond acceptors (Lipinski definition) is 1. The van der Waals surface area contributed by atoms with Crippen molar-refractivity contribution in [3.05, 3.63) is 64.7 Å². The molecule has 2 heteroatoms. The molecule has 0 radical (unpaired) electrons. The molecular weight excluding hydrogens is 272 g/mol. The summed E-state index contributed by atoms with van der Waals surface area (Å²) in [6.45, 7) is 4.29. The Morgan fingerprint density at radius 3 is 2.26 bits per heavy atom. The van der Waals surface area contributed by atoms with Gasteiger partial charge < -0.3 is 0 Å². The highest BCUT2D eigenvalue weighted by molar-refractivity contribution is 7.98. The van der Waals surface area contributed by atoms with Gasteiger partial charge in [-0.3, -0.25) is 0 Å². The Morgan fingerprint density at radius 2 is 1.68 bits per heavy atom. The van der Waals surface area contributed by atoms with Crippen molar-refractivity contribution in [3.63, 3.8) is 0 Å². The van der Waals surface area contributed by atoms with Gasteiger partial charge in [0.25, 0.3) is 0 Å². The lowest BCUT2D eigenvalue weighted by Crippen LogP contribution is -1.97. The largest absolute Gasteiger partial charge is 0.130 e. The van der Waals surface area contributed by atoms with Gasteiger partial charge in [0.1, 0.15) is 0 Å². The number of benzene rings is 2. The van der Waals surface area contributed by atoms with Crippen molar-refractivity contribution in [3.8, 4) is 0 Å². The van der Waals surface area contributed by atoms with Crippen LogP contribution < -0.4 is 0 Å². The van der Waals surface area contributed by atoms with Gasteiger partial charge in [0, 0.05) is 4.90 Å². The summed E-state index contributed by atoms with van der Waals surface area (Å²) in [5, 5.41) is 0.0398. The predicted molar refractivity (Wildman–Crippen MR) is 86.4 cm³/mol. The van der Waals surface area contributed by atoms with Gasteiger partial charge in [0.2, 0.25) is 0 Å². The zero-order chi connectivity index (χ0) is 13.8. The molecule has 0 aliphatic heterocycles. The van der Waals surface area contributed by atoms with Crippen LogP contribution in [0.1, 0.15) is 27.6 Å². The van der Waals surface area contributed by atoms with E-state index in [-0.39, 0.29) is 5.38 Å². The van der Waals surface area contributed by atoms with Gasteiger partial charge in [-0.2, -0.15) is 0 Å². The molecule has 0 amide bonds. The minimum Gasteiger partial charge on any atom is -0.130 e. The summed E-state index contributed by atoms with van der Waals surface area (Å²) in [4.78, 5) is 1.28. The van der Waals surface area contributed by atoms with E-state index in [9.17, 15) is 0 Å². The summed E-state index contributed by atoms with van der Waals surface area (Å²) < 4.78 is 0. The third-order valence-corrected chi connectivity index (χ3v) is 4.61. The van der Waals surface area contributed by atoms with E-state index in [1.54, 1.807) is 11.8 Å². The molecule has 0 N–H and O–H groups in total. The second-order valence-corrected chi connectivity index (χ2v) is 6.27. The molecule has 0 nitrogen and oxygen atoms in total. The Bertz CT molecular complexity index is 546. The molecule has 0 aromatic heterocycles. The summed E-state index contributed by atoms with van der Waals surface area (Å²) in [7, 11) is 0. The zero-order valence-electron chi connectivity index (χ0n) is 11.6. The van der Waals surface area contributed by atoms with Crippen molar-refractivity contribution in [1.82, 2.24) is 0 Å². The molecule has 2 aromatic rings. The van der Waals surface area contributed by atoms with Crippen LogP contribution >= 0.6 is 23.4 Å². The smallest absolute Gasteiger partial charge is 0.0625 e. The molecule has 19 heavy (non-hydrogen) atoms. The quantitative estimate of drug-likeness (QED) is 0.525. The van der Waals surface area contributed by atoms with Crippen LogP contribution in [0.25, 0.3) is 0 Å². The molecule has 1 unspecified atom stereocenters. The molecule has 0 saturated carbocycles. The maximum atomic E-state index is 6.52. The highest BCUT2D eigenvalue weighted by Gasteiger charge is 2.09. The Labute approximate surface area is 125 Å². The number of hydrogen-bond donors (Lipinski definition) is 0. The van der Waals surface area contributed by atoms with Crippen molar-refractivity contribution in [2.75, 3.05) is 6.26 Å². The van der Waals surface area contributed by atoms with E-state index >= 15 is 0 Å². The fraction of sp³-hybridized carbons (Fsp3) is 0.294. The molecule has 2 aromatic carbocycles. The van der Waals surface area contributed by atoms with E-state index in [0.717, 1.165) is 6.42 Å². The van der Waals surface area contributed by atoms with Gasteiger partial charge in [-0.05, 0) is 60.9 Å². The number of halogens is 1. The average Bonchev–Trinajstić information content (AvgIpc) is 2.43. The second-order valence-electron chi connectivity index (χ2n) is 4.86. The Morgan fingerprint density at radius 1 is 1.00 bits per heavy atom. The molecule has 0 aliphatic rings. The lowest BCUT2D eigenvalue weighted by atomic mass is 10.0. The number of thioether (sulfide) groups is 1. The van der Waals surface area contributed by atoms with Gasteiger partial charge in [-0.25, -0.2) is 0 Å². The van der Waals surface area contributed by atoms with Gasteiger partial charge >= 0.3 is 0 Å². The molecule has 0 aliphatic carbocycles. The van der Waals surface area contributed by atoms with E-state index in [1.807, 2.05) is 0 Å². The summed E-state index contributed by atoms with van der Waals surface area (Å²) >= 11 is 8.28. The molecule has 0 heterocycles. The minimum atomic E-state index is 0.0398. The maximum Gasteiger partial charge on any atom is 0.0625 e. The predicted octanol–water partition coefficient (Wildman–Crippen LogP) is 5.55. The molecule has 1 atom stereocenters. The lowest BCUT2D eigenvalue weighted by molar-refractivity contribution is 0.915. The second kappa shape index (κ2) is 6.49. The van der Waals surface area contributed by atoms with Gasteiger partial charge in [-0.1, -0.05) is 30.3 Å². The molecule has 0 spiro atoms. The van der Waals surface area contributed by atoms with Crippen molar-refractivity contribution >= 4 is 23.4 Å². The van der Waals surface area contributed by atoms with E-state index in [4.69, 9.17) is 11.6 Å². The van der Waals surface area contributed by atoms with E-state index in [1.165, 1.54) is 27.1 Å². The van der Waals surface area contributed by atoms with Crippen LogP contribution in [0.3, 0.4) is 0 Å². The standard InChI is InChI=1S/C17H19ClS/c1-12-4-5-14(10-13(12)2)11-17(18)15-6-8-16(19-3)9-7-15/h4-10,17H,11H2,1-3H3. The van der Waals surface area contributed by atoms with E-state index in [0.29, 0.717) is 0 Å². The maximum absolute atomic E-state index is 6.52. The number of aryl methyl sites for hydroxylation is 2. The SMILES string of the molecule is CSc1ccc(C(Cl)Cc2ccc(C)c(C)c2)cc1. The Kier molecular flexibility index (Phi) is 4.95. The van der Waals surface area contributed by atoms with Crippen LogP contribution in [-0.4, -0.2) is 6.26 Å². The van der Waals surface area contributed by atoms with Crippen LogP contribution in [-0.2, 0) is 6.42 Å². The van der Waals surface area contributed by atoms with Crippen LogP contribution in [0.2, 0.25) is 0 Å². The highest BCUT2D eigenvalue weighted by Crippen LogP contribution is 2.27. The summed E-state index contributed by atoms with van der Waals surface area (Å²) in [5.41, 5.74) is 5.16. The topological polar surface area (TPSA) is 0 Å². The lowest BCUT2D eigenvalue weighted by Gasteiger charge is -2.12. The first-order valence-electron chi connectivity index (χ1n) is 6.44. The summed E-state index contributed by atoms with van der Waals surface area (Å²) in [5.74, 6) is 0. The molecule has 0 saturated heterocycles. The Hall–Kier alpha value is -0.920. The number of alkyl halides is 1. The van der Waals surface area contributed by atoms with Gasteiger partial charge in [0.15, 0.2) is 0 Å². The Balaban J connectivity index is 2.10. The van der Waals surface area contributed by atoms with Crippen LogP contribution in [0, 0.1) is 13.8 Å². The molecule has 0 bridgehead atoms. The van der Waals surface area contributed by atoms with Crippen molar-refractivity contribution in [2.24, 2.45) is 0 Å². The minimum absolute atomic E-state index is 0.0398. The van der Waals surface area contributed by atoms with Crippen LogP contribution in [0.5, 0.6) is 0 Å². The monoisotopic (exact) mass is 290 g/mol. The highest BCUT2D eigenvalue weighted by atomic mass is 35.5. The first-order valence-corrected chi connectivity index (χ1v) is 8.10. The van der Waals surface area contributed by atoms with Crippen LogP contribution in [0.4, 0.5) is 0 Å². The first-order chi connectivity index (χ1) is 9.10. The normalized spacial score (nSPS) is 12.4. The average molecular weight is 291 g/mol. The van der Waals surface area contributed by atoms with Gasteiger partial charge in [-0.15, -0.1) is 23.4 Å². The molecule has 0 fully saturated rings. The molecular formula is C17H19ClS. The van der Waals surface area contributed by atoms with E-state index in [2.05, 4.69) is 62.6 Å². The third kappa shape index (κ3) is 3.77. The summed E-state index contributed by atoms with van der Waals surface area (Å²) in [6, 6.07) is 15.1. The first kappa shape index (κ1) is 14.5.